The number of hydrogen-bond donors (Lipinski definition) is 2. The highest BCUT2D eigenvalue weighted by Crippen LogP contribution is 2.21. The van der Waals surface area contributed by atoms with E-state index in [4.69, 9.17) is 9.66 Å². The molecule has 0 spiro atoms. The van der Waals surface area contributed by atoms with Crippen LogP contribution in [0.3, 0.4) is 0 Å². The number of aliphatic hydroxyl groups is 1. The molecule has 0 bridgehead atoms. The Bertz CT molecular complexity index is 613. The first-order valence-electron chi connectivity index (χ1n) is 6.06. The minimum atomic E-state index is -4.13. The largest absolute Gasteiger partial charge is 0.396 e. The number of unbranched alkanes of at least 4 members (excludes halogenated alkanes) is 1. The van der Waals surface area contributed by atoms with Gasteiger partial charge in [-0.25, -0.2) is 0 Å². The molecule has 2 aromatic rings. The van der Waals surface area contributed by atoms with Crippen molar-refractivity contribution in [2.24, 2.45) is 0 Å². The Morgan fingerprint density at radius 1 is 1.05 bits per heavy atom. The van der Waals surface area contributed by atoms with Crippen molar-refractivity contribution in [2.45, 2.75) is 24.7 Å². The highest BCUT2D eigenvalue weighted by molar-refractivity contribution is 7.86. The van der Waals surface area contributed by atoms with Crippen molar-refractivity contribution in [1.82, 2.24) is 0 Å². The molecule has 0 heterocycles. The van der Waals surface area contributed by atoms with Crippen molar-refractivity contribution < 1.29 is 18.1 Å². The summed E-state index contributed by atoms with van der Waals surface area (Å²) in [6.45, 7) is 2.40. The first kappa shape index (κ1) is 15.6. The summed E-state index contributed by atoms with van der Waals surface area (Å²) in [7, 11) is -4.13. The molecular formula is C14H18O4S. The molecule has 0 aromatic heterocycles. The zero-order valence-electron chi connectivity index (χ0n) is 10.8. The predicted octanol–water partition coefficient (Wildman–Crippen LogP) is 2.87. The van der Waals surface area contributed by atoms with Crippen LogP contribution >= 0.6 is 0 Å². The molecule has 0 aliphatic heterocycles. The molecule has 0 fully saturated rings. The van der Waals surface area contributed by atoms with E-state index in [1.54, 1.807) is 30.3 Å². The van der Waals surface area contributed by atoms with Gasteiger partial charge in [0.15, 0.2) is 0 Å². The highest BCUT2D eigenvalue weighted by Gasteiger charge is 2.12. The lowest BCUT2D eigenvalue weighted by Crippen LogP contribution is -1.98. The van der Waals surface area contributed by atoms with E-state index < -0.39 is 10.1 Å². The standard InChI is InChI=1S/C10H8O3S.C4H10O/c11-14(12,13)10-7-3-5-8-4-1-2-6-9(8)10;1-2-3-4-5/h1-7H,(H,11,12,13);5H,2-4H2,1H3. The molecule has 19 heavy (non-hydrogen) atoms. The maximum Gasteiger partial charge on any atom is 0.295 e. The summed E-state index contributed by atoms with van der Waals surface area (Å²) in [6.07, 6.45) is 2.04. The van der Waals surface area contributed by atoms with Crippen LogP contribution in [0, 0.1) is 0 Å². The van der Waals surface area contributed by atoms with Crippen LogP contribution < -0.4 is 0 Å². The molecule has 2 N–H and O–H groups in total. The summed E-state index contributed by atoms with van der Waals surface area (Å²) in [5, 5.41) is 9.40. The van der Waals surface area contributed by atoms with Gasteiger partial charge in [0, 0.05) is 12.0 Å². The molecule has 0 radical (unpaired) electrons. The first-order valence-corrected chi connectivity index (χ1v) is 7.50. The van der Waals surface area contributed by atoms with Crippen LogP contribution in [0.15, 0.2) is 47.4 Å². The van der Waals surface area contributed by atoms with Gasteiger partial charge in [0.05, 0.1) is 0 Å². The first-order chi connectivity index (χ1) is 9.00. The van der Waals surface area contributed by atoms with E-state index in [0.717, 1.165) is 18.2 Å². The van der Waals surface area contributed by atoms with E-state index in [0.29, 0.717) is 12.0 Å². The second-order valence-corrected chi connectivity index (χ2v) is 5.42. The SMILES string of the molecule is CCCCO.O=S(=O)(O)c1cccc2ccccc12. The Balaban J connectivity index is 0.000000312. The maximum atomic E-state index is 11.0. The van der Waals surface area contributed by atoms with E-state index in [9.17, 15) is 8.42 Å². The fourth-order valence-electron chi connectivity index (χ4n) is 1.58. The zero-order chi connectivity index (χ0) is 14.3. The van der Waals surface area contributed by atoms with Crippen LogP contribution in [0.4, 0.5) is 0 Å². The Labute approximate surface area is 113 Å². The van der Waals surface area contributed by atoms with Gasteiger partial charge < -0.3 is 5.11 Å². The molecule has 2 aromatic carbocycles. The minimum Gasteiger partial charge on any atom is -0.396 e. The van der Waals surface area contributed by atoms with Crippen molar-refractivity contribution in [3.05, 3.63) is 42.5 Å². The lowest BCUT2D eigenvalue weighted by Gasteiger charge is -2.02. The fourth-order valence-corrected chi connectivity index (χ4v) is 2.29. The summed E-state index contributed by atoms with van der Waals surface area (Å²) < 4.78 is 31.0. The third-order valence-corrected chi connectivity index (χ3v) is 3.45. The van der Waals surface area contributed by atoms with Gasteiger partial charge in [-0.1, -0.05) is 49.7 Å². The van der Waals surface area contributed by atoms with E-state index >= 15 is 0 Å². The molecule has 0 amide bonds. The van der Waals surface area contributed by atoms with Gasteiger partial charge in [0.1, 0.15) is 4.90 Å². The molecule has 2 rings (SSSR count). The van der Waals surface area contributed by atoms with Gasteiger partial charge in [0.2, 0.25) is 0 Å². The van der Waals surface area contributed by atoms with Crippen LogP contribution in [0.5, 0.6) is 0 Å². The molecule has 0 saturated heterocycles. The molecule has 0 aliphatic carbocycles. The van der Waals surface area contributed by atoms with Gasteiger partial charge in [-0.15, -0.1) is 0 Å². The van der Waals surface area contributed by atoms with Gasteiger partial charge >= 0.3 is 0 Å². The molecular weight excluding hydrogens is 264 g/mol. The molecule has 104 valence electrons. The monoisotopic (exact) mass is 282 g/mol. The van der Waals surface area contributed by atoms with Gasteiger partial charge in [0.25, 0.3) is 10.1 Å². The molecule has 0 unspecified atom stereocenters. The third kappa shape index (κ3) is 4.63. The fraction of sp³-hybridized carbons (Fsp3) is 0.286. The highest BCUT2D eigenvalue weighted by atomic mass is 32.2. The van der Waals surface area contributed by atoms with Gasteiger partial charge in [-0.05, 0) is 17.9 Å². The van der Waals surface area contributed by atoms with E-state index in [-0.39, 0.29) is 4.90 Å². The Morgan fingerprint density at radius 2 is 1.68 bits per heavy atom. The maximum absolute atomic E-state index is 11.0. The average Bonchev–Trinajstić information content (AvgIpc) is 2.39. The Morgan fingerprint density at radius 3 is 2.21 bits per heavy atom. The second-order valence-electron chi connectivity index (χ2n) is 4.03. The zero-order valence-corrected chi connectivity index (χ0v) is 11.6. The molecule has 4 nitrogen and oxygen atoms in total. The minimum absolute atomic E-state index is 0.0457. The Hall–Kier alpha value is -1.43. The van der Waals surface area contributed by atoms with E-state index in [1.807, 2.05) is 6.07 Å². The lowest BCUT2D eigenvalue weighted by molar-refractivity contribution is 0.287. The number of hydrogen-bond acceptors (Lipinski definition) is 3. The quantitative estimate of drug-likeness (QED) is 0.849. The Kier molecular flexibility index (Phi) is 5.95. The third-order valence-electron chi connectivity index (χ3n) is 2.54. The van der Waals surface area contributed by atoms with Gasteiger partial charge in [-0.3, -0.25) is 4.55 Å². The molecule has 0 atom stereocenters. The van der Waals surface area contributed by atoms with Crippen molar-refractivity contribution in [1.29, 1.82) is 0 Å². The topological polar surface area (TPSA) is 74.6 Å². The summed E-state index contributed by atoms with van der Waals surface area (Å²) in [5.41, 5.74) is 0. The van der Waals surface area contributed by atoms with E-state index in [1.165, 1.54) is 6.07 Å². The molecule has 5 heteroatoms. The van der Waals surface area contributed by atoms with Crippen LogP contribution in [0.2, 0.25) is 0 Å². The molecule has 0 aliphatic rings. The number of aliphatic hydroxyl groups excluding tert-OH is 1. The summed E-state index contributed by atoms with van der Waals surface area (Å²) in [5.74, 6) is 0. The van der Waals surface area contributed by atoms with Crippen LogP contribution in [-0.4, -0.2) is 24.7 Å². The number of fused-ring (bicyclic) bond motifs is 1. The predicted molar refractivity (Wildman–Crippen MR) is 75.8 cm³/mol. The number of benzene rings is 2. The van der Waals surface area contributed by atoms with Gasteiger partial charge in [-0.2, -0.15) is 8.42 Å². The summed E-state index contributed by atoms with van der Waals surface area (Å²) in [4.78, 5) is -0.0457. The van der Waals surface area contributed by atoms with Crippen LogP contribution in [0.25, 0.3) is 10.8 Å². The normalized spacial score (nSPS) is 10.9. The summed E-state index contributed by atoms with van der Waals surface area (Å²) in [6, 6.07) is 11.8. The number of rotatable bonds is 3. The second kappa shape index (κ2) is 7.23. The van der Waals surface area contributed by atoms with E-state index in [2.05, 4.69) is 6.92 Å². The average molecular weight is 282 g/mol. The van der Waals surface area contributed by atoms with Crippen LogP contribution in [0.1, 0.15) is 19.8 Å². The van der Waals surface area contributed by atoms with Crippen molar-refractivity contribution in [2.75, 3.05) is 6.61 Å². The van der Waals surface area contributed by atoms with Crippen molar-refractivity contribution in [3.8, 4) is 0 Å². The lowest BCUT2D eigenvalue weighted by atomic mass is 10.1. The summed E-state index contributed by atoms with van der Waals surface area (Å²) >= 11 is 0. The van der Waals surface area contributed by atoms with Crippen molar-refractivity contribution in [3.63, 3.8) is 0 Å². The van der Waals surface area contributed by atoms with Crippen molar-refractivity contribution >= 4 is 20.9 Å². The smallest absolute Gasteiger partial charge is 0.295 e. The molecule has 0 saturated carbocycles. The van der Waals surface area contributed by atoms with Crippen LogP contribution in [-0.2, 0) is 10.1 Å².